The zero-order valence-electron chi connectivity index (χ0n) is 12.0. The highest BCUT2D eigenvalue weighted by Crippen LogP contribution is 2.23. The Morgan fingerprint density at radius 3 is 2.33 bits per heavy atom. The van der Waals surface area contributed by atoms with Crippen LogP contribution < -0.4 is 5.73 Å². The molecule has 1 rings (SSSR count). The van der Waals surface area contributed by atoms with Crippen molar-refractivity contribution in [1.29, 1.82) is 0 Å². The molecule has 0 aromatic heterocycles. The van der Waals surface area contributed by atoms with E-state index in [4.69, 9.17) is 5.73 Å². The number of hydrogen-bond donors (Lipinski definition) is 1. The predicted molar refractivity (Wildman–Crippen MR) is 83.2 cm³/mol. The van der Waals surface area contributed by atoms with E-state index in [1.807, 2.05) is 11.8 Å². The minimum Gasteiger partial charge on any atom is -0.329 e. The number of likely N-dealkylation sites (N-methyl/N-ethyl adjacent to an activating group) is 1. The maximum Gasteiger partial charge on any atom is 0.0470 e. The van der Waals surface area contributed by atoms with E-state index in [0.717, 1.165) is 5.75 Å². The van der Waals surface area contributed by atoms with Crippen LogP contribution in [0.2, 0.25) is 0 Å². The van der Waals surface area contributed by atoms with Gasteiger partial charge in [0.1, 0.15) is 0 Å². The van der Waals surface area contributed by atoms with Gasteiger partial charge in [-0.3, -0.25) is 4.90 Å². The van der Waals surface area contributed by atoms with Gasteiger partial charge in [-0.2, -0.15) is 11.8 Å². The minimum atomic E-state index is 0.322. The first-order valence-electron chi connectivity index (χ1n) is 6.61. The predicted octanol–water partition coefficient (Wildman–Crippen LogP) is 3.07. The van der Waals surface area contributed by atoms with Gasteiger partial charge in [0, 0.05) is 24.4 Å². The number of nitrogens with zero attached hydrogens (tertiary/aromatic N) is 1. The first-order valence-corrected chi connectivity index (χ1v) is 8.00. The van der Waals surface area contributed by atoms with Crippen LogP contribution in [0, 0.1) is 6.92 Å². The summed E-state index contributed by atoms with van der Waals surface area (Å²) in [5.41, 5.74) is 8.61. The maximum absolute atomic E-state index is 5.98. The zero-order chi connectivity index (χ0) is 13.5. The standard InChI is InChI=1S/C15H26N2S/c1-5-14(11-18-4)17(3)15(10-16)13-8-6-12(2)7-9-13/h6-9,14-15H,5,10-11,16H2,1-4H3. The molecule has 0 aliphatic rings. The minimum absolute atomic E-state index is 0.322. The summed E-state index contributed by atoms with van der Waals surface area (Å²) in [7, 11) is 2.20. The molecule has 0 saturated heterocycles. The Bertz CT molecular complexity index is 337. The van der Waals surface area contributed by atoms with E-state index < -0.39 is 0 Å². The van der Waals surface area contributed by atoms with Crippen LogP contribution in [-0.4, -0.2) is 36.5 Å². The molecule has 0 aliphatic carbocycles. The fourth-order valence-corrected chi connectivity index (χ4v) is 3.15. The summed E-state index contributed by atoms with van der Waals surface area (Å²) in [5.74, 6) is 1.16. The first kappa shape index (κ1) is 15.5. The summed E-state index contributed by atoms with van der Waals surface area (Å²) in [6.45, 7) is 5.04. The van der Waals surface area contributed by atoms with Gasteiger partial charge in [-0.05, 0) is 32.2 Å². The average Bonchev–Trinajstić information content (AvgIpc) is 2.38. The smallest absolute Gasteiger partial charge is 0.0470 e. The second kappa shape index (κ2) is 7.82. The van der Waals surface area contributed by atoms with Crippen LogP contribution in [0.4, 0.5) is 0 Å². The Morgan fingerprint density at radius 1 is 1.28 bits per heavy atom. The van der Waals surface area contributed by atoms with Crippen molar-refractivity contribution in [2.45, 2.75) is 32.4 Å². The van der Waals surface area contributed by atoms with Gasteiger partial charge in [-0.1, -0.05) is 36.8 Å². The van der Waals surface area contributed by atoms with Crippen LogP contribution in [0.3, 0.4) is 0 Å². The second-order valence-electron chi connectivity index (χ2n) is 4.85. The van der Waals surface area contributed by atoms with Crippen molar-refractivity contribution in [2.75, 3.05) is 25.6 Å². The van der Waals surface area contributed by atoms with Gasteiger partial charge in [-0.25, -0.2) is 0 Å². The molecule has 0 amide bonds. The molecule has 0 saturated carbocycles. The number of hydrogen-bond acceptors (Lipinski definition) is 3. The molecule has 2 nitrogen and oxygen atoms in total. The van der Waals surface area contributed by atoms with Gasteiger partial charge in [0.2, 0.25) is 0 Å². The van der Waals surface area contributed by atoms with Crippen molar-refractivity contribution in [3.8, 4) is 0 Å². The molecule has 3 heteroatoms. The molecule has 0 spiro atoms. The van der Waals surface area contributed by atoms with Gasteiger partial charge in [0.05, 0.1) is 0 Å². The SMILES string of the molecule is CCC(CSC)N(C)C(CN)c1ccc(C)cc1. The van der Waals surface area contributed by atoms with E-state index in [1.54, 1.807) is 0 Å². The Hall–Kier alpha value is -0.510. The lowest BCUT2D eigenvalue weighted by Crippen LogP contribution is -2.39. The van der Waals surface area contributed by atoms with E-state index in [0.29, 0.717) is 18.6 Å². The summed E-state index contributed by atoms with van der Waals surface area (Å²) in [6, 6.07) is 9.66. The molecule has 0 fully saturated rings. The van der Waals surface area contributed by atoms with Crippen LogP contribution in [0.5, 0.6) is 0 Å². The molecule has 2 unspecified atom stereocenters. The van der Waals surface area contributed by atoms with Gasteiger partial charge < -0.3 is 5.73 Å². The molecule has 1 aromatic rings. The van der Waals surface area contributed by atoms with E-state index in [9.17, 15) is 0 Å². The fraction of sp³-hybridized carbons (Fsp3) is 0.600. The maximum atomic E-state index is 5.98. The second-order valence-corrected chi connectivity index (χ2v) is 5.76. The number of aryl methyl sites for hydroxylation is 1. The average molecular weight is 266 g/mol. The molecule has 2 atom stereocenters. The highest BCUT2D eigenvalue weighted by atomic mass is 32.2. The molecule has 0 heterocycles. The van der Waals surface area contributed by atoms with E-state index >= 15 is 0 Å². The molecular weight excluding hydrogens is 240 g/mol. The third kappa shape index (κ3) is 4.01. The van der Waals surface area contributed by atoms with Crippen molar-refractivity contribution in [3.63, 3.8) is 0 Å². The topological polar surface area (TPSA) is 29.3 Å². The van der Waals surface area contributed by atoms with Crippen LogP contribution in [0.1, 0.15) is 30.5 Å². The zero-order valence-corrected chi connectivity index (χ0v) is 12.8. The lowest BCUT2D eigenvalue weighted by molar-refractivity contribution is 0.188. The van der Waals surface area contributed by atoms with E-state index in [2.05, 4.69) is 56.3 Å². The summed E-state index contributed by atoms with van der Waals surface area (Å²) in [6.07, 6.45) is 3.33. The highest BCUT2D eigenvalue weighted by molar-refractivity contribution is 7.98. The third-order valence-electron chi connectivity index (χ3n) is 3.58. The lowest BCUT2D eigenvalue weighted by atomic mass is 10.0. The van der Waals surface area contributed by atoms with Crippen molar-refractivity contribution in [2.24, 2.45) is 5.73 Å². The molecule has 1 aromatic carbocycles. The van der Waals surface area contributed by atoms with E-state index in [1.165, 1.54) is 17.5 Å². The van der Waals surface area contributed by atoms with Gasteiger partial charge in [0.25, 0.3) is 0 Å². The fourth-order valence-electron chi connectivity index (χ4n) is 2.30. The van der Waals surface area contributed by atoms with Crippen LogP contribution >= 0.6 is 11.8 Å². The van der Waals surface area contributed by atoms with Crippen molar-refractivity contribution in [1.82, 2.24) is 4.90 Å². The van der Waals surface area contributed by atoms with Gasteiger partial charge in [0.15, 0.2) is 0 Å². The number of rotatable bonds is 7. The molecule has 0 radical (unpaired) electrons. The van der Waals surface area contributed by atoms with Gasteiger partial charge in [-0.15, -0.1) is 0 Å². The first-order chi connectivity index (χ1) is 8.63. The largest absolute Gasteiger partial charge is 0.329 e. The summed E-state index contributed by atoms with van der Waals surface area (Å²) >= 11 is 1.91. The van der Waals surface area contributed by atoms with Gasteiger partial charge >= 0.3 is 0 Å². The Labute approximate surface area is 116 Å². The Morgan fingerprint density at radius 2 is 1.89 bits per heavy atom. The summed E-state index contributed by atoms with van der Waals surface area (Å²) < 4.78 is 0. The molecule has 0 bridgehead atoms. The van der Waals surface area contributed by atoms with Crippen molar-refractivity contribution in [3.05, 3.63) is 35.4 Å². The number of thioether (sulfide) groups is 1. The van der Waals surface area contributed by atoms with Crippen LogP contribution in [0.15, 0.2) is 24.3 Å². The quantitative estimate of drug-likeness (QED) is 0.822. The molecule has 0 aliphatic heterocycles. The van der Waals surface area contributed by atoms with E-state index in [-0.39, 0.29) is 0 Å². The lowest BCUT2D eigenvalue weighted by Gasteiger charge is -2.34. The Kier molecular flexibility index (Phi) is 6.76. The molecular formula is C15H26N2S. The normalized spacial score (nSPS) is 14.8. The third-order valence-corrected chi connectivity index (χ3v) is 4.30. The molecule has 2 N–H and O–H groups in total. The van der Waals surface area contributed by atoms with Crippen molar-refractivity contribution >= 4 is 11.8 Å². The molecule has 102 valence electrons. The monoisotopic (exact) mass is 266 g/mol. The van der Waals surface area contributed by atoms with Crippen molar-refractivity contribution < 1.29 is 0 Å². The van der Waals surface area contributed by atoms with Crippen LogP contribution in [0.25, 0.3) is 0 Å². The summed E-state index contributed by atoms with van der Waals surface area (Å²) in [4.78, 5) is 2.43. The van der Waals surface area contributed by atoms with Crippen LogP contribution in [-0.2, 0) is 0 Å². The Balaban J connectivity index is 2.84. The highest BCUT2D eigenvalue weighted by Gasteiger charge is 2.21. The summed E-state index contributed by atoms with van der Waals surface area (Å²) in [5, 5.41) is 0. The number of nitrogens with two attached hydrogens (primary N) is 1. The molecule has 18 heavy (non-hydrogen) atoms. The number of benzene rings is 1.